The predicted octanol–water partition coefficient (Wildman–Crippen LogP) is 4.38. The number of hydrogen-bond donors (Lipinski definition) is 1. The first-order valence-corrected chi connectivity index (χ1v) is 7.74. The van der Waals surface area contributed by atoms with Gasteiger partial charge in [-0.2, -0.15) is 18.4 Å². The van der Waals surface area contributed by atoms with E-state index in [0.29, 0.717) is 17.0 Å². The fraction of sp³-hybridized carbons (Fsp3) is 0.250. The predicted molar refractivity (Wildman–Crippen MR) is 80.0 cm³/mol. The summed E-state index contributed by atoms with van der Waals surface area (Å²) in [6.45, 7) is 0. The van der Waals surface area contributed by atoms with E-state index in [-0.39, 0.29) is 11.5 Å². The van der Waals surface area contributed by atoms with Crippen molar-refractivity contribution in [3.63, 3.8) is 0 Å². The number of benzene rings is 1. The molecule has 3 rings (SSSR count). The summed E-state index contributed by atoms with van der Waals surface area (Å²) in [6, 6.07) is 8.90. The molecule has 1 aromatic heterocycles. The first-order chi connectivity index (χ1) is 10.9. The van der Waals surface area contributed by atoms with Gasteiger partial charge < -0.3 is 5.32 Å². The minimum Gasteiger partial charge on any atom is -0.316 e. The van der Waals surface area contributed by atoms with Crippen LogP contribution in [-0.4, -0.2) is 5.91 Å². The number of hydrogen-bond acceptors (Lipinski definition) is 3. The molecule has 1 aliphatic rings. The summed E-state index contributed by atoms with van der Waals surface area (Å²) in [5.41, 5.74) is -0.169. The van der Waals surface area contributed by atoms with Gasteiger partial charge >= 0.3 is 6.18 Å². The van der Waals surface area contributed by atoms with Crippen LogP contribution in [0.15, 0.2) is 35.7 Å². The van der Waals surface area contributed by atoms with Crippen LogP contribution in [0.2, 0.25) is 0 Å². The number of carbonyl (C=O) groups excluding carboxylic acids is 1. The monoisotopic (exact) mass is 336 g/mol. The standard InChI is InChI=1S/C16H11F3N2OS/c17-16(18,19)13-4-2-1-3-10(13)11-7-12(11)14(22)21-15-9(8-20)5-6-23-15/h1-6,11-12H,7H2,(H,21,22)/t11-,12+/m1/s1. The highest BCUT2D eigenvalue weighted by atomic mass is 32.1. The molecule has 23 heavy (non-hydrogen) atoms. The van der Waals surface area contributed by atoms with Crippen LogP contribution in [0, 0.1) is 17.2 Å². The van der Waals surface area contributed by atoms with Crippen LogP contribution in [0.3, 0.4) is 0 Å². The second-order valence-corrected chi connectivity index (χ2v) is 6.21. The number of halogens is 3. The first-order valence-electron chi connectivity index (χ1n) is 6.86. The summed E-state index contributed by atoms with van der Waals surface area (Å²) in [5.74, 6) is -1.27. The number of rotatable bonds is 3. The van der Waals surface area contributed by atoms with Gasteiger partial charge in [0.15, 0.2) is 0 Å². The van der Waals surface area contributed by atoms with Crippen LogP contribution in [-0.2, 0) is 11.0 Å². The zero-order chi connectivity index (χ0) is 16.6. The number of nitrogens with zero attached hydrogens (tertiary/aromatic N) is 1. The quantitative estimate of drug-likeness (QED) is 0.904. The molecule has 1 amide bonds. The van der Waals surface area contributed by atoms with Crippen molar-refractivity contribution in [3.8, 4) is 6.07 Å². The van der Waals surface area contributed by atoms with Gasteiger partial charge in [0.1, 0.15) is 11.1 Å². The third kappa shape index (κ3) is 3.08. The van der Waals surface area contributed by atoms with E-state index in [1.165, 1.54) is 23.5 Å². The Labute approximate surface area is 134 Å². The van der Waals surface area contributed by atoms with E-state index >= 15 is 0 Å². The lowest BCUT2D eigenvalue weighted by Gasteiger charge is -2.12. The molecule has 2 aromatic rings. The number of nitriles is 1. The second kappa shape index (κ2) is 5.70. The Morgan fingerprint density at radius 2 is 2.04 bits per heavy atom. The molecule has 1 heterocycles. The van der Waals surface area contributed by atoms with Gasteiger partial charge in [0, 0.05) is 5.92 Å². The Hall–Kier alpha value is -2.33. The average Bonchev–Trinajstić information content (AvgIpc) is 3.20. The molecule has 1 N–H and O–H groups in total. The molecule has 1 fully saturated rings. The molecule has 0 aliphatic heterocycles. The van der Waals surface area contributed by atoms with E-state index in [2.05, 4.69) is 5.32 Å². The Balaban J connectivity index is 1.75. The number of alkyl halides is 3. The lowest BCUT2D eigenvalue weighted by atomic mass is 10.0. The highest BCUT2D eigenvalue weighted by Crippen LogP contribution is 2.51. The molecule has 1 saturated carbocycles. The zero-order valence-electron chi connectivity index (χ0n) is 11.7. The molecule has 1 aliphatic carbocycles. The Morgan fingerprint density at radius 1 is 1.30 bits per heavy atom. The van der Waals surface area contributed by atoms with Gasteiger partial charge in [0.2, 0.25) is 5.91 Å². The fourth-order valence-electron chi connectivity index (χ4n) is 2.61. The van der Waals surface area contributed by atoms with Gasteiger partial charge in [-0.3, -0.25) is 4.79 Å². The molecular weight excluding hydrogens is 325 g/mol. The van der Waals surface area contributed by atoms with Crippen molar-refractivity contribution in [2.24, 2.45) is 5.92 Å². The van der Waals surface area contributed by atoms with Crippen molar-refractivity contribution in [3.05, 3.63) is 52.4 Å². The number of anilines is 1. The van der Waals surface area contributed by atoms with Gasteiger partial charge in [-0.15, -0.1) is 11.3 Å². The van der Waals surface area contributed by atoms with E-state index in [1.54, 1.807) is 17.5 Å². The smallest absolute Gasteiger partial charge is 0.316 e. The van der Waals surface area contributed by atoms with Gasteiger partial charge in [0.25, 0.3) is 0 Å². The van der Waals surface area contributed by atoms with Gasteiger partial charge in [-0.1, -0.05) is 18.2 Å². The summed E-state index contributed by atoms with van der Waals surface area (Å²) in [5, 5.41) is 13.7. The van der Waals surface area contributed by atoms with Crippen LogP contribution in [0.1, 0.15) is 29.0 Å². The third-order valence-electron chi connectivity index (χ3n) is 3.82. The normalized spacial score (nSPS) is 19.9. The van der Waals surface area contributed by atoms with Crippen molar-refractivity contribution >= 4 is 22.2 Å². The molecule has 7 heteroatoms. The molecule has 0 radical (unpaired) electrons. The van der Waals surface area contributed by atoms with Crippen molar-refractivity contribution in [1.29, 1.82) is 5.26 Å². The Kier molecular flexibility index (Phi) is 3.86. The maximum absolute atomic E-state index is 13.0. The Morgan fingerprint density at radius 3 is 2.74 bits per heavy atom. The molecule has 1 aromatic carbocycles. The number of nitrogens with one attached hydrogen (secondary N) is 1. The van der Waals surface area contributed by atoms with Crippen molar-refractivity contribution in [1.82, 2.24) is 0 Å². The maximum atomic E-state index is 13.0. The highest BCUT2D eigenvalue weighted by molar-refractivity contribution is 7.14. The van der Waals surface area contributed by atoms with Crippen LogP contribution < -0.4 is 5.32 Å². The van der Waals surface area contributed by atoms with Crippen LogP contribution in [0.4, 0.5) is 18.2 Å². The van der Waals surface area contributed by atoms with Crippen LogP contribution in [0.5, 0.6) is 0 Å². The second-order valence-electron chi connectivity index (χ2n) is 5.30. The molecule has 118 valence electrons. The summed E-state index contributed by atoms with van der Waals surface area (Å²) in [7, 11) is 0. The highest BCUT2D eigenvalue weighted by Gasteiger charge is 2.47. The lowest BCUT2D eigenvalue weighted by Crippen LogP contribution is -2.15. The average molecular weight is 336 g/mol. The Bertz CT molecular complexity index is 791. The minimum absolute atomic E-state index is 0.159. The molecule has 0 unspecified atom stereocenters. The van der Waals surface area contributed by atoms with E-state index in [4.69, 9.17) is 5.26 Å². The number of thiophene rings is 1. The van der Waals surface area contributed by atoms with Crippen molar-refractivity contribution in [2.45, 2.75) is 18.5 Å². The van der Waals surface area contributed by atoms with E-state index in [9.17, 15) is 18.0 Å². The third-order valence-corrected chi connectivity index (χ3v) is 4.65. The summed E-state index contributed by atoms with van der Waals surface area (Å²) < 4.78 is 39.1. The van der Waals surface area contributed by atoms with E-state index in [0.717, 1.165) is 6.07 Å². The number of amides is 1. The lowest BCUT2D eigenvalue weighted by molar-refractivity contribution is -0.138. The van der Waals surface area contributed by atoms with Crippen molar-refractivity contribution in [2.75, 3.05) is 5.32 Å². The SMILES string of the molecule is N#Cc1ccsc1NC(=O)[C@H]1C[C@@H]1c1ccccc1C(F)(F)F. The summed E-state index contributed by atoms with van der Waals surface area (Å²) >= 11 is 1.22. The molecule has 3 nitrogen and oxygen atoms in total. The molecule has 0 bridgehead atoms. The molecule has 2 atom stereocenters. The summed E-state index contributed by atoms with van der Waals surface area (Å²) in [6.07, 6.45) is -4.05. The summed E-state index contributed by atoms with van der Waals surface area (Å²) in [4.78, 5) is 12.2. The van der Waals surface area contributed by atoms with Gasteiger partial charge in [-0.05, 0) is 35.4 Å². The fourth-order valence-corrected chi connectivity index (χ4v) is 3.35. The van der Waals surface area contributed by atoms with Gasteiger partial charge in [-0.25, -0.2) is 0 Å². The topological polar surface area (TPSA) is 52.9 Å². The van der Waals surface area contributed by atoms with Crippen LogP contribution >= 0.6 is 11.3 Å². The molecule has 0 spiro atoms. The van der Waals surface area contributed by atoms with Gasteiger partial charge in [0.05, 0.1) is 11.1 Å². The maximum Gasteiger partial charge on any atom is 0.416 e. The van der Waals surface area contributed by atoms with E-state index < -0.39 is 23.6 Å². The van der Waals surface area contributed by atoms with E-state index in [1.807, 2.05) is 6.07 Å². The first kappa shape index (κ1) is 15.6. The largest absolute Gasteiger partial charge is 0.416 e. The van der Waals surface area contributed by atoms with Crippen LogP contribution in [0.25, 0.3) is 0 Å². The minimum atomic E-state index is -4.43. The number of carbonyl (C=O) groups is 1. The zero-order valence-corrected chi connectivity index (χ0v) is 12.5. The van der Waals surface area contributed by atoms with Crippen molar-refractivity contribution < 1.29 is 18.0 Å². The molecular formula is C16H11F3N2OS. The molecule has 0 saturated heterocycles.